The van der Waals surface area contributed by atoms with E-state index in [0.717, 1.165) is 6.04 Å². The number of hydrogen-bond donors (Lipinski definition) is 0. The second-order valence-corrected chi connectivity index (χ2v) is 4.08. The van der Waals surface area contributed by atoms with Crippen LogP contribution in [0.5, 0.6) is 0 Å². The molecular weight excluding hydrogens is 162 g/mol. The second-order valence-electron chi connectivity index (χ2n) is 4.08. The highest BCUT2D eigenvalue weighted by Crippen LogP contribution is 2.26. The number of unbranched alkanes of at least 4 members (excludes halogenated alkanes) is 2. The first-order valence-electron chi connectivity index (χ1n) is 5.54. The molecule has 2 nitrogen and oxygen atoms in total. The summed E-state index contributed by atoms with van der Waals surface area (Å²) in [6.07, 6.45) is 8.34. The Balaban J connectivity index is 2.20. The Morgan fingerprint density at radius 2 is 2.08 bits per heavy atom. The molecule has 0 aromatic carbocycles. The van der Waals surface area contributed by atoms with E-state index in [2.05, 4.69) is 18.9 Å². The van der Waals surface area contributed by atoms with Gasteiger partial charge in [-0.3, -0.25) is 4.90 Å². The van der Waals surface area contributed by atoms with Crippen LogP contribution in [0.4, 0.5) is 0 Å². The molecule has 78 valence electrons. The summed E-state index contributed by atoms with van der Waals surface area (Å²) in [6.45, 7) is 2.26. The van der Waals surface area contributed by atoms with Crippen LogP contribution in [0.3, 0.4) is 0 Å². The molecule has 2 heteroatoms. The van der Waals surface area contributed by atoms with Crippen molar-refractivity contribution in [2.45, 2.75) is 57.7 Å². The molecule has 2 atom stereocenters. The zero-order valence-corrected chi connectivity index (χ0v) is 9.25. The maximum absolute atomic E-state index is 5.39. The molecule has 1 fully saturated rings. The first kappa shape index (κ1) is 11.0. The maximum Gasteiger partial charge on any atom is 0.110 e. The molecule has 0 aliphatic carbocycles. The average molecular weight is 185 g/mol. The Bertz CT molecular complexity index is 138. The van der Waals surface area contributed by atoms with Crippen molar-refractivity contribution in [2.75, 3.05) is 14.2 Å². The summed E-state index contributed by atoms with van der Waals surface area (Å²) >= 11 is 0. The zero-order valence-electron chi connectivity index (χ0n) is 9.25. The maximum atomic E-state index is 5.39. The van der Waals surface area contributed by atoms with E-state index in [4.69, 9.17) is 4.74 Å². The third-order valence-corrected chi connectivity index (χ3v) is 3.19. The van der Waals surface area contributed by atoms with Crippen molar-refractivity contribution < 1.29 is 4.74 Å². The number of hydrogen-bond acceptors (Lipinski definition) is 2. The van der Waals surface area contributed by atoms with E-state index < -0.39 is 0 Å². The SMILES string of the molecule is CCCCCC1CCC(OC)N1C. The Morgan fingerprint density at radius 1 is 1.31 bits per heavy atom. The van der Waals surface area contributed by atoms with Crippen molar-refractivity contribution in [3.63, 3.8) is 0 Å². The summed E-state index contributed by atoms with van der Waals surface area (Å²) in [6, 6.07) is 0.775. The standard InChI is InChI=1S/C11H23NO/c1-4-5-6-7-10-8-9-11(13-3)12(10)2/h10-11H,4-9H2,1-3H3. The predicted octanol–water partition coefficient (Wildman–Crippen LogP) is 2.63. The van der Waals surface area contributed by atoms with Crippen LogP contribution in [-0.4, -0.2) is 31.3 Å². The highest BCUT2D eigenvalue weighted by atomic mass is 16.5. The first-order chi connectivity index (χ1) is 6.29. The normalized spacial score (nSPS) is 29.8. The molecule has 0 spiro atoms. The first-order valence-corrected chi connectivity index (χ1v) is 5.54. The highest BCUT2D eigenvalue weighted by molar-refractivity contribution is 4.79. The van der Waals surface area contributed by atoms with E-state index in [1.807, 2.05) is 7.11 Å². The van der Waals surface area contributed by atoms with Gasteiger partial charge in [0.1, 0.15) is 6.23 Å². The van der Waals surface area contributed by atoms with Crippen LogP contribution in [0.1, 0.15) is 45.4 Å². The summed E-state index contributed by atoms with van der Waals surface area (Å²) in [5, 5.41) is 0. The van der Waals surface area contributed by atoms with E-state index >= 15 is 0 Å². The van der Waals surface area contributed by atoms with Gasteiger partial charge in [-0.25, -0.2) is 0 Å². The molecule has 1 heterocycles. The van der Waals surface area contributed by atoms with Gasteiger partial charge in [-0.1, -0.05) is 26.2 Å². The Kier molecular flexibility index (Phi) is 4.74. The predicted molar refractivity (Wildman–Crippen MR) is 55.7 cm³/mol. The van der Waals surface area contributed by atoms with Crippen LogP contribution in [0.15, 0.2) is 0 Å². The fourth-order valence-corrected chi connectivity index (χ4v) is 2.24. The molecular formula is C11H23NO. The summed E-state index contributed by atoms with van der Waals surface area (Å²) in [5.41, 5.74) is 0. The van der Waals surface area contributed by atoms with Gasteiger partial charge in [-0.2, -0.15) is 0 Å². The van der Waals surface area contributed by atoms with E-state index in [-0.39, 0.29) is 0 Å². The van der Waals surface area contributed by atoms with E-state index in [1.165, 1.54) is 38.5 Å². The van der Waals surface area contributed by atoms with Crippen LogP contribution < -0.4 is 0 Å². The van der Waals surface area contributed by atoms with Gasteiger partial charge in [0.15, 0.2) is 0 Å². The van der Waals surface area contributed by atoms with Crippen LogP contribution >= 0.6 is 0 Å². The molecule has 0 bridgehead atoms. The van der Waals surface area contributed by atoms with Crippen molar-refractivity contribution in [1.29, 1.82) is 0 Å². The van der Waals surface area contributed by atoms with Crippen molar-refractivity contribution in [1.82, 2.24) is 4.90 Å². The molecule has 0 radical (unpaired) electrons. The molecule has 0 N–H and O–H groups in total. The second kappa shape index (κ2) is 5.61. The minimum absolute atomic E-state index is 0.381. The van der Waals surface area contributed by atoms with Gasteiger partial charge in [0.2, 0.25) is 0 Å². The van der Waals surface area contributed by atoms with Crippen molar-refractivity contribution >= 4 is 0 Å². The fourth-order valence-electron chi connectivity index (χ4n) is 2.24. The van der Waals surface area contributed by atoms with Gasteiger partial charge in [0, 0.05) is 13.2 Å². The third-order valence-electron chi connectivity index (χ3n) is 3.19. The third kappa shape index (κ3) is 2.96. The number of rotatable bonds is 5. The monoisotopic (exact) mass is 185 g/mol. The lowest BCUT2D eigenvalue weighted by atomic mass is 10.1. The molecule has 0 saturated carbocycles. The molecule has 1 aliphatic heterocycles. The van der Waals surface area contributed by atoms with Crippen molar-refractivity contribution in [2.24, 2.45) is 0 Å². The van der Waals surface area contributed by atoms with E-state index in [1.54, 1.807) is 0 Å². The molecule has 1 aliphatic rings. The van der Waals surface area contributed by atoms with Crippen LogP contribution in [0, 0.1) is 0 Å². The number of likely N-dealkylation sites (tertiary alicyclic amines) is 1. The summed E-state index contributed by atoms with van der Waals surface area (Å²) < 4.78 is 5.39. The zero-order chi connectivity index (χ0) is 9.68. The van der Waals surface area contributed by atoms with Crippen LogP contribution in [0.2, 0.25) is 0 Å². The fraction of sp³-hybridized carbons (Fsp3) is 1.00. The summed E-state index contributed by atoms with van der Waals surface area (Å²) in [7, 11) is 4.01. The Labute approximate surface area is 82.3 Å². The molecule has 13 heavy (non-hydrogen) atoms. The lowest BCUT2D eigenvalue weighted by Crippen LogP contribution is -2.33. The van der Waals surface area contributed by atoms with Gasteiger partial charge >= 0.3 is 0 Å². The van der Waals surface area contributed by atoms with E-state index in [9.17, 15) is 0 Å². The van der Waals surface area contributed by atoms with Gasteiger partial charge in [0.25, 0.3) is 0 Å². The molecule has 0 aromatic heterocycles. The smallest absolute Gasteiger partial charge is 0.110 e. The van der Waals surface area contributed by atoms with Gasteiger partial charge in [-0.15, -0.1) is 0 Å². The lowest BCUT2D eigenvalue weighted by Gasteiger charge is -2.24. The molecule has 1 rings (SSSR count). The largest absolute Gasteiger partial charge is 0.366 e. The Hall–Kier alpha value is -0.0800. The van der Waals surface area contributed by atoms with Gasteiger partial charge in [0.05, 0.1) is 0 Å². The van der Waals surface area contributed by atoms with E-state index in [0.29, 0.717) is 6.23 Å². The van der Waals surface area contributed by atoms with Crippen LogP contribution in [-0.2, 0) is 4.74 Å². The molecule has 2 unspecified atom stereocenters. The topological polar surface area (TPSA) is 12.5 Å². The molecule has 0 aromatic rings. The van der Waals surface area contributed by atoms with Crippen molar-refractivity contribution in [3.8, 4) is 0 Å². The summed E-state index contributed by atoms with van der Waals surface area (Å²) in [4.78, 5) is 2.40. The van der Waals surface area contributed by atoms with Gasteiger partial charge in [-0.05, 0) is 26.3 Å². The van der Waals surface area contributed by atoms with Crippen molar-refractivity contribution in [3.05, 3.63) is 0 Å². The highest BCUT2D eigenvalue weighted by Gasteiger charge is 2.29. The molecule has 1 saturated heterocycles. The average Bonchev–Trinajstić information content (AvgIpc) is 2.48. The minimum atomic E-state index is 0.381. The summed E-state index contributed by atoms with van der Waals surface area (Å²) in [5.74, 6) is 0. The quantitative estimate of drug-likeness (QED) is 0.610. The number of ether oxygens (including phenoxy) is 1. The lowest BCUT2D eigenvalue weighted by molar-refractivity contribution is -0.00503. The number of methoxy groups -OCH3 is 1. The van der Waals surface area contributed by atoms with Gasteiger partial charge < -0.3 is 4.74 Å². The molecule has 0 amide bonds. The van der Waals surface area contributed by atoms with Crippen LogP contribution in [0.25, 0.3) is 0 Å². The minimum Gasteiger partial charge on any atom is -0.366 e. The Morgan fingerprint density at radius 3 is 2.62 bits per heavy atom. The number of nitrogens with zero attached hydrogens (tertiary/aromatic N) is 1.